The third-order valence-corrected chi connectivity index (χ3v) is 3.45. The number of hydrogen-bond acceptors (Lipinski definition) is 2. The number of fused-ring (bicyclic) bond motifs is 1. The molecule has 0 radical (unpaired) electrons. The molecule has 2 amide bonds. The van der Waals surface area contributed by atoms with E-state index in [2.05, 4.69) is 31.5 Å². The van der Waals surface area contributed by atoms with Crippen molar-refractivity contribution in [3.8, 4) is 0 Å². The molecule has 0 aliphatic carbocycles. The van der Waals surface area contributed by atoms with Crippen LogP contribution in [0.1, 0.15) is 5.69 Å². The Balaban J connectivity index is 1.62. The fourth-order valence-electron chi connectivity index (χ4n) is 2.01. The summed E-state index contributed by atoms with van der Waals surface area (Å²) in [4.78, 5) is 16.2. The molecule has 22 heavy (non-hydrogen) atoms. The van der Waals surface area contributed by atoms with Crippen molar-refractivity contribution in [2.24, 2.45) is 0 Å². The summed E-state index contributed by atoms with van der Waals surface area (Å²) in [5.74, 6) is -0.399. The Labute approximate surface area is 134 Å². The second kappa shape index (κ2) is 6.15. The van der Waals surface area contributed by atoms with E-state index >= 15 is 0 Å². The SMILES string of the molecule is O=C(NCc1cn2cc(Br)ccc2n1)Nc1cccc(F)c1. The Morgan fingerprint density at radius 3 is 2.95 bits per heavy atom. The van der Waals surface area contributed by atoms with Crippen molar-refractivity contribution >= 4 is 33.3 Å². The minimum absolute atomic E-state index is 0.278. The van der Waals surface area contributed by atoms with Crippen LogP contribution in [0.5, 0.6) is 0 Å². The molecule has 3 aromatic rings. The lowest BCUT2D eigenvalue weighted by atomic mass is 10.3. The van der Waals surface area contributed by atoms with Gasteiger partial charge in [0.1, 0.15) is 11.5 Å². The van der Waals surface area contributed by atoms with Crippen LogP contribution in [0.2, 0.25) is 0 Å². The van der Waals surface area contributed by atoms with Gasteiger partial charge < -0.3 is 15.0 Å². The fourth-order valence-corrected chi connectivity index (χ4v) is 2.37. The minimum Gasteiger partial charge on any atom is -0.332 e. The van der Waals surface area contributed by atoms with E-state index < -0.39 is 11.8 Å². The van der Waals surface area contributed by atoms with E-state index in [0.29, 0.717) is 5.69 Å². The highest BCUT2D eigenvalue weighted by atomic mass is 79.9. The van der Waals surface area contributed by atoms with Crippen molar-refractivity contribution in [3.63, 3.8) is 0 Å². The van der Waals surface area contributed by atoms with Gasteiger partial charge in [-0.15, -0.1) is 0 Å². The number of benzene rings is 1. The van der Waals surface area contributed by atoms with Crippen LogP contribution in [-0.2, 0) is 6.54 Å². The number of nitrogens with zero attached hydrogens (tertiary/aromatic N) is 2. The number of rotatable bonds is 3. The average Bonchev–Trinajstić information content (AvgIpc) is 2.87. The zero-order valence-corrected chi connectivity index (χ0v) is 13.0. The van der Waals surface area contributed by atoms with E-state index in [1.807, 2.05) is 28.9 Å². The summed E-state index contributed by atoms with van der Waals surface area (Å²) < 4.78 is 15.8. The topological polar surface area (TPSA) is 58.4 Å². The van der Waals surface area contributed by atoms with Crippen LogP contribution < -0.4 is 10.6 Å². The number of aromatic nitrogens is 2. The lowest BCUT2D eigenvalue weighted by Gasteiger charge is -2.06. The van der Waals surface area contributed by atoms with Crippen LogP contribution in [0.3, 0.4) is 0 Å². The predicted octanol–water partition coefficient (Wildman–Crippen LogP) is 3.56. The maximum atomic E-state index is 13.0. The second-order valence-corrected chi connectivity index (χ2v) is 5.58. The Morgan fingerprint density at radius 2 is 2.14 bits per heavy atom. The van der Waals surface area contributed by atoms with Crippen LogP contribution in [-0.4, -0.2) is 15.4 Å². The zero-order chi connectivity index (χ0) is 15.5. The Bertz CT molecular complexity index is 833. The highest BCUT2D eigenvalue weighted by Gasteiger charge is 2.05. The Kier molecular flexibility index (Phi) is 4.06. The number of anilines is 1. The Hall–Kier alpha value is -2.41. The second-order valence-electron chi connectivity index (χ2n) is 4.66. The molecule has 0 saturated carbocycles. The lowest BCUT2D eigenvalue weighted by Crippen LogP contribution is -2.28. The number of urea groups is 1. The first-order chi connectivity index (χ1) is 10.6. The number of pyridine rings is 1. The highest BCUT2D eigenvalue weighted by molar-refractivity contribution is 9.10. The first-order valence-corrected chi connectivity index (χ1v) is 7.33. The first-order valence-electron chi connectivity index (χ1n) is 6.54. The molecule has 0 saturated heterocycles. The van der Waals surface area contributed by atoms with Gasteiger partial charge in [-0.3, -0.25) is 0 Å². The minimum atomic E-state index is -0.413. The average molecular weight is 363 g/mol. The molecule has 0 bridgehead atoms. The van der Waals surface area contributed by atoms with Crippen LogP contribution in [0.4, 0.5) is 14.9 Å². The highest BCUT2D eigenvalue weighted by Crippen LogP contribution is 2.12. The van der Waals surface area contributed by atoms with Crippen LogP contribution in [0, 0.1) is 5.82 Å². The van der Waals surface area contributed by atoms with Gasteiger partial charge in [-0.2, -0.15) is 0 Å². The van der Waals surface area contributed by atoms with Gasteiger partial charge in [0.05, 0.1) is 12.2 Å². The number of halogens is 2. The molecule has 1 aromatic carbocycles. The molecule has 0 aliphatic rings. The lowest BCUT2D eigenvalue weighted by molar-refractivity contribution is 0.251. The number of imidazole rings is 1. The summed E-state index contributed by atoms with van der Waals surface area (Å²) in [5.41, 5.74) is 1.93. The normalized spacial score (nSPS) is 10.6. The number of amides is 2. The molecule has 0 aliphatic heterocycles. The third-order valence-electron chi connectivity index (χ3n) is 2.98. The molecule has 5 nitrogen and oxygen atoms in total. The molecule has 2 aromatic heterocycles. The van der Waals surface area contributed by atoms with Crippen molar-refractivity contribution in [1.82, 2.24) is 14.7 Å². The standard InChI is InChI=1S/C15H12BrFN4O/c16-10-4-5-14-19-13(9-21(14)8-10)7-18-15(22)20-12-3-1-2-11(17)6-12/h1-6,8-9H,7H2,(H2,18,20,22). The number of carbonyl (C=O) groups is 1. The van der Waals surface area contributed by atoms with E-state index in [9.17, 15) is 9.18 Å². The first kappa shape index (κ1) is 14.5. The maximum Gasteiger partial charge on any atom is 0.319 e. The quantitative estimate of drug-likeness (QED) is 0.748. The maximum absolute atomic E-state index is 13.0. The smallest absolute Gasteiger partial charge is 0.319 e. The van der Waals surface area contributed by atoms with Gasteiger partial charge in [0.15, 0.2) is 0 Å². The van der Waals surface area contributed by atoms with E-state index in [0.717, 1.165) is 15.8 Å². The van der Waals surface area contributed by atoms with Gasteiger partial charge in [0.25, 0.3) is 0 Å². The van der Waals surface area contributed by atoms with Crippen molar-refractivity contribution in [2.75, 3.05) is 5.32 Å². The molecule has 2 heterocycles. The van der Waals surface area contributed by atoms with Gasteiger partial charge in [-0.25, -0.2) is 14.2 Å². The van der Waals surface area contributed by atoms with Gasteiger partial charge >= 0.3 is 6.03 Å². The molecule has 0 atom stereocenters. The molecular formula is C15H12BrFN4O. The summed E-state index contributed by atoms with van der Waals surface area (Å²) in [7, 11) is 0. The van der Waals surface area contributed by atoms with Gasteiger partial charge in [-0.1, -0.05) is 6.07 Å². The summed E-state index contributed by atoms with van der Waals surface area (Å²) >= 11 is 3.39. The fraction of sp³-hybridized carbons (Fsp3) is 0.0667. The van der Waals surface area contributed by atoms with Gasteiger partial charge in [0.2, 0.25) is 0 Å². The summed E-state index contributed by atoms with van der Waals surface area (Å²) in [5, 5.41) is 5.25. The Morgan fingerprint density at radius 1 is 1.27 bits per heavy atom. The predicted molar refractivity (Wildman–Crippen MR) is 85.2 cm³/mol. The molecule has 7 heteroatoms. The van der Waals surface area contributed by atoms with Crippen LogP contribution in [0.15, 0.2) is 53.3 Å². The number of carbonyl (C=O) groups excluding carboxylic acids is 1. The summed E-state index contributed by atoms with van der Waals surface area (Å²) in [6.45, 7) is 0.278. The van der Waals surface area contributed by atoms with E-state index in [1.165, 1.54) is 18.2 Å². The summed E-state index contributed by atoms with van der Waals surface area (Å²) in [6.07, 6.45) is 3.72. The molecule has 2 N–H and O–H groups in total. The summed E-state index contributed by atoms with van der Waals surface area (Å²) in [6, 6.07) is 9.08. The number of nitrogens with one attached hydrogen (secondary N) is 2. The van der Waals surface area contributed by atoms with E-state index in [-0.39, 0.29) is 6.54 Å². The van der Waals surface area contributed by atoms with Crippen molar-refractivity contribution in [2.45, 2.75) is 6.54 Å². The van der Waals surface area contributed by atoms with Crippen LogP contribution in [0.25, 0.3) is 5.65 Å². The number of hydrogen-bond donors (Lipinski definition) is 2. The largest absolute Gasteiger partial charge is 0.332 e. The molecule has 0 unspecified atom stereocenters. The third kappa shape index (κ3) is 3.43. The monoisotopic (exact) mass is 362 g/mol. The van der Waals surface area contributed by atoms with Crippen molar-refractivity contribution < 1.29 is 9.18 Å². The van der Waals surface area contributed by atoms with Gasteiger partial charge in [0, 0.05) is 22.6 Å². The molecule has 0 spiro atoms. The molecule has 112 valence electrons. The van der Waals surface area contributed by atoms with Crippen LogP contribution >= 0.6 is 15.9 Å². The zero-order valence-electron chi connectivity index (χ0n) is 11.4. The van der Waals surface area contributed by atoms with E-state index in [4.69, 9.17) is 0 Å². The van der Waals surface area contributed by atoms with E-state index in [1.54, 1.807) is 6.07 Å². The molecular weight excluding hydrogens is 351 g/mol. The van der Waals surface area contributed by atoms with Gasteiger partial charge in [-0.05, 0) is 46.3 Å². The van der Waals surface area contributed by atoms with Crippen molar-refractivity contribution in [1.29, 1.82) is 0 Å². The van der Waals surface area contributed by atoms with Crippen molar-refractivity contribution in [3.05, 3.63) is 64.8 Å². The molecule has 3 rings (SSSR count). The molecule has 0 fully saturated rings.